The predicted molar refractivity (Wildman–Crippen MR) is 117 cm³/mol. The van der Waals surface area contributed by atoms with Gasteiger partial charge in [-0.25, -0.2) is 0 Å². The summed E-state index contributed by atoms with van der Waals surface area (Å²) < 4.78 is 5.79. The normalized spacial score (nSPS) is 11.0. The molecule has 0 radical (unpaired) electrons. The Labute approximate surface area is 167 Å². The molecule has 0 bridgehead atoms. The molecule has 0 amide bonds. The van der Waals surface area contributed by atoms with Crippen LogP contribution in [0.4, 0.5) is 0 Å². The molecule has 2 rings (SSSR count). The van der Waals surface area contributed by atoms with Crippen LogP contribution >= 0.6 is 0 Å². The first-order valence-corrected chi connectivity index (χ1v) is 11.1. The zero-order valence-electron chi connectivity index (χ0n) is 17.1. The van der Waals surface area contributed by atoms with E-state index in [4.69, 9.17) is 4.74 Å². The largest absolute Gasteiger partial charge is 0.381 e. The van der Waals surface area contributed by atoms with Gasteiger partial charge >= 0.3 is 0 Å². The van der Waals surface area contributed by atoms with Gasteiger partial charge in [-0.3, -0.25) is 0 Å². The van der Waals surface area contributed by atoms with Gasteiger partial charge in [-0.05, 0) is 49.7 Å². The summed E-state index contributed by atoms with van der Waals surface area (Å²) >= 11 is 0. The molecule has 2 aromatic carbocycles. The fourth-order valence-electron chi connectivity index (χ4n) is 3.52. The van der Waals surface area contributed by atoms with E-state index >= 15 is 0 Å². The van der Waals surface area contributed by atoms with E-state index in [1.165, 1.54) is 88.2 Å². The first-order valence-electron chi connectivity index (χ1n) is 11.1. The van der Waals surface area contributed by atoms with E-state index in [1.807, 2.05) is 0 Å². The SMILES string of the molecule is c1ccc(CCCCCCCOCCCCCCCc2ccccc2)cc1. The molecule has 0 atom stereocenters. The van der Waals surface area contributed by atoms with Gasteiger partial charge < -0.3 is 4.74 Å². The molecule has 0 saturated heterocycles. The number of hydrogen-bond acceptors (Lipinski definition) is 1. The average Bonchev–Trinajstić information content (AvgIpc) is 2.72. The molecule has 0 aliphatic rings. The molecule has 148 valence electrons. The highest BCUT2D eigenvalue weighted by molar-refractivity contribution is 5.15. The van der Waals surface area contributed by atoms with Crippen molar-refractivity contribution in [1.82, 2.24) is 0 Å². The number of aryl methyl sites for hydroxylation is 2. The summed E-state index contributed by atoms with van der Waals surface area (Å²) in [4.78, 5) is 0. The third-order valence-corrected chi connectivity index (χ3v) is 5.19. The van der Waals surface area contributed by atoms with Gasteiger partial charge in [-0.2, -0.15) is 0 Å². The lowest BCUT2D eigenvalue weighted by atomic mass is 10.1. The molecular formula is C26H38O. The zero-order valence-corrected chi connectivity index (χ0v) is 17.1. The van der Waals surface area contributed by atoms with Crippen LogP contribution < -0.4 is 0 Å². The van der Waals surface area contributed by atoms with Gasteiger partial charge in [0.05, 0.1) is 0 Å². The summed E-state index contributed by atoms with van der Waals surface area (Å²) in [6, 6.07) is 21.7. The molecular weight excluding hydrogens is 328 g/mol. The Kier molecular flexibility index (Phi) is 12.4. The lowest BCUT2D eigenvalue weighted by Gasteiger charge is -2.05. The van der Waals surface area contributed by atoms with Crippen molar-refractivity contribution in [2.24, 2.45) is 0 Å². The minimum absolute atomic E-state index is 0.951. The molecule has 1 heteroatoms. The van der Waals surface area contributed by atoms with Gasteiger partial charge in [0, 0.05) is 13.2 Å². The van der Waals surface area contributed by atoms with E-state index in [0.717, 1.165) is 13.2 Å². The van der Waals surface area contributed by atoms with E-state index < -0.39 is 0 Å². The Morgan fingerprint density at radius 3 is 1.22 bits per heavy atom. The quantitative estimate of drug-likeness (QED) is 0.281. The highest BCUT2D eigenvalue weighted by Crippen LogP contribution is 2.10. The van der Waals surface area contributed by atoms with E-state index in [1.54, 1.807) is 0 Å². The van der Waals surface area contributed by atoms with Crippen molar-refractivity contribution in [3.8, 4) is 0 Å². The van der Waals surface area contributed by atoms with Gasteiger partial charge in [-0.1, -0.05) is 99.2 Å². The van der Waals surface area contributed by atoms with E-state index in [0.29, 0.717) is 0 Å². The molecule has 2 aromatic rings. The highest BCUT2D eigenvalue weighted by Gasteiger charge is 1.96. The Bertz CT molecular complexity index is 497. The lowest BCUT2D eigenvalue weighted by Crippen LogP contribution is -1.97. The van der Waals surface area contributed by atoms with Crippen LogP contribution in [0.25, 0.3) is 0 Å². The van der Waals surface area contributed by atoms with Gasteiger partial charge in [-0.15, -0.1) is 0 Å². The monoisotopic (exact) mass is 366 g/mol. The molecule has 0 aliphatic heterocycles. The maximum atomic E-state index is 5.79. The lowest BCUT2D eigenvalue weighted by molar-refractivity contribution is 0.125. The molecule has 0 spiro atoms. The van der Waals surface area contributed by atoms with Crippen molar-refractivity contribution < 1.29 is 4.74 Å². The van der Waals surface area contributed by atoms with Crippen LogP contribution in [-0.4, -0.2) is 13.2 Å². The maximum Gasteiger partial charge on any atom is 0.0466 e. The molecule has 0 N–H and O–H groups in total. The second kappa shape index (κ2) is 15.5. The summed E-state index contributed by atoms with van der Waals surface area (Å²) in [5, 5.41) is 0. The minimum atomic E-state index is 0.951. The Balaban J connectivity index is 1.26. The Morgan fingerprint density at radius 1 is 0.407 bits per heavy atom. The van der Waals surface area contributed by atoms with Gasteiger partial charge in [0.1, 0.15) is 0 Å². The molecule has 0 fully saturated rings. The van der Waals surface area contributed by atoms with Crippen LogP contribution in [0.1, 0.15) is 75.3 Å². The van der Waals surface area contributed by atoms with Crippen LogP contribution in [0, 0.1) is 0 Å². The molecule has 0 aromatic heterocycles. The highest BCUT2D eigenvalue weighted by atomic mass is 16.5. The average molecular weight is 367 g/mol. The first kappa shape index (κ1) is 21.7. The third kappa shape index (κ3) is 11.7. The molecule has 27 heavy (non-hydrogen) atoms. The van der Waals surface area contributed by atoms with Gasteiger partial charge in [0.25, 0.3) is 0 Å². The topological polar surface area (TPSA) is 9.23 Å². The standard InChI is InChI=1S/C26H38O/c1(3-9-17-25-19-11-7-12-20-25)5-15-23-27-24-16-6-2-4-10-18-26-21-13-8-14-22-26/h7-8,11-14,19-22H,1-6,9-10,15-18,23-24H2. The van der Waals surface area contributed by atoms with Crippen LogP contribution in [0.15, 0.2) is 60.7 Å². The summed E-state index contributed by atoms with van der Waals surface area (Å²) in [7, 11) is 0. The van der Waals surface area contributed by atoms with Crippen LogP contribution in [-0.2, 0) is 17.6 Å². The van der Waals surface area contributed by atoms with Crippen LogP contribution in [0.3, 0.4) is 0 Å². The number of unbranched alkanes of at least 4 members (excludes halogenated alkanes) is 8. The molecule has 0 heterocycles. The number of hydrogen-bond donors (Lipinski definition) is 0. The van der Waals surface area contributed by atoms with Crippen molar-refractivity contribution >= 4 is 0 Å². The first-order chi connectivity index (χ1) is 13.4. The minimum Gasteiger partial charge on any atom is -0.381 e. The molecule has 0 unspecified atom stereocenters. The third-order valence-electron chi connectivity index (χ3n) is 5.19. The molecule has 0 saturated carbocycles. The zero-order chi connectivity index (χ0) is 18.8. The van der Waals surface area contributed by atoms with Crippen molar-refractivity contribution in [2.75, 3.05) is 13.2 Å². The van der Waals surface area contributed by atoms with Crippen LogP contribution in [0.2, 0.25) is 0 Å². The van der Waals surface area contributed by atoms with Crippen molar-refractivity contribution in [3.05, 3.63) is 71.8 Å². The van der Waals surface area contributed by atoms with E-state index in [2.05, 4.69) is 60.7 Å². The van der Waals surface area contributed by atoms with Crippen molar-refractivity contribution in [2.45, 2.75) is 77.0 Å². The van der Waals surface area contributed by atoms with Gasteiger partial charge in [0.15, 0.2) is 0 Å². The Morgan fingerprint density at radius 2 is 0.778 bits per heavy atom. The summed E-state index contributed by atoms with van der Waals surface area (Å²) in [6.07, 6.45) is 15.5. The van der Waals surface area contributed by atoms with E-state index in [9.17, 15) is 0 Å². The summed E-state index contributed by atoms with van der Waals surface area (Å²) in [5.41, 5.74) is 2.95. The second-order valence-electron chi connectivity index (χ2n) is 7.62. The Hall–Kier alpha value is -1.60. The number of ether oxygens (including phenoxy) is 1. The molecule has 1 nitrogen and oxygen atoms in total. The van der Waals surface area contributed by atoms with Gasteiger partial charge in [0.2, 0.25) is 0 Å². The second-order valence-corrected chi connectivity index (χ2v) is 7.62. The summed E-state index contributed by atoms with van der Waals surface area (Å²) in [6.45, 7) is 1.90. The predicted octanol–water partition coefficient (Wildman–Crippen LogP) is 7.39. The number of benzene rings is 2. The smallest absolute Gasteiger partial charge is 0.0466 e. The maximum absolute atomic E-state index is 5.79. The van der Waals surface area contributed by atoms with Crippen LogP contribution in [0.5, 0.6) is 0 Å². The van der Waals surface area contributed by atoms with Crippen molar-refractivity contribution in [3.63, 3.8) is 0 Å². The fourth-order valence-corrected chi connectivity index (χ4v) is 3.52. The molecule has 0 aliphatic carbocycles. The van der Waals surface area contributed by atoms with Crippen molar-refractivity contribution in [1.29, 1.82) is 0 Å². The summed E-state index contributed by atoms with van der Waals surface area (Å²) in [5.74, 6) is 0. The number of rotatable bonds is 16. The van der Waals surface area contributed by atoms with E-state index in [-0.39, 0.29) is 0 Å². The fraction of sp³-hybridized carbons (Fsp3) is 0.538.